The van der Waals surface area contributed by atoms with Gasteiger partial charge in [-0.05, 0) is 13.0 Å². The normalized spacial score (nSPS) is 10.9. The van der Waals surface area contributed by atoms with Crippen molar-refractivity contribution in [3.05, 3.63) is 91.6 Å². The minimum absolute atomic E-state index is 0.0522. The van der Waals surface area contributed by atoms with Crippen molar-refractivity contribution >= 4 is 17.2 Å². The molecule has 1 aromatic carbocycles. The van der Waals surface area contributed by atoms with Gasteiger partial charge in [-0.1, -0.05) is 30.3 Å². The number of aromatic nitrogens is 5. The van der Waals surface area contributed by atoms with Gasteiger partial charge in [-0.3, -0.25) is 19.4 Å². The van der Waals surface area contributed by atoms with Gasteiger partial charge in [0.25, 0.3) is 11.1 Å². The average molecular weight is 479 g/mol. The summed E-state index contributed by atoms with van der Waals surface area (Å²) in [6.07, 6.45) is 1.39. The molecule has 0 atom stereocenters. The average Bonchev–Trinajstić information content (AvgIpc) is 3.22. The third-order valence-corrected chi connectivity index (χ3v) is 6.27. The second-order valence-electron chi connectivity index (χ2n) is 7.48. The number of aryl methyl sites for hydroxylation is 2. The van der Waals surface area contributed by atoms with E-state index in [9.17, 15) is 19.2 Å². The molecule has 0 saturated heterocycles. The molecule has 0 aliphatic carbocycles. The molecule has 0 aliphatic heterocycles. The van der Waals surface area contributed by atoms with Crippen LogP contribution in [0.4, 0.5) is 0 Å². The fraction of sp³-hybridized carbons (Fsp3) is 0.217. The van der Waals surface area contributed by atoms with Gasteiger partial charge in [0.2, 0.25) is 5.91 Å². The smallest absolute Gasteiger partial charge is 0.328 e. The maximum absolute atomic E-state index is 12.3. The molecule has 4 aromatic rings. The summed E-state index contributed by atoms with van der Waals surface area (Å²) in [5, 5.41) is 8.06. The Hall–Kier alpha value is -4.12. The quantitative estimate of drug-likeness (QED) is 0.394. The summed E-state index contributed by atoms with van der Waals surface area (Å²) in [4.78, 5) is 54.8. The van der Waals surface area contributed by atoms with Gasteiger partial charge in [0, 0.05) is 43.4 Å². The molecular formula is C23H22N6O4S. The number of rotatable bonds is 8. The van der Waals surface area contributed by atoms with Gasteiger partial charge < -0.3 is 9.88 Å². The second-order valence-corrected chi connectivity index (χ2v) is 8.48. The topological polar surface area (TPSA) is 132 Å². The molecule has 11 heteroatoms. The maximum atomic E-state index is 12.3. The van der Waals surface area contributed by atoms with Crippen molar-refractivity contribution in [3.8, 4) is 21.1 Å². The van der Waals surface area contributed by atoms with Crippen molar-refractivity contribution in [2.24, 2.45) is 0 Å². The molecule has 0 radical (unpaired) electrons. The molecule has 0 unspecified atom stereocenters. The molecule has 0 bridgehead atoms. The Morgan fingerprint density at radius 3 is 2.62 bits per heavy atom. The first kappa shape index (κ1) is 23.1. The van der Waals surface area contributed by atoms with Crippen LogP contribution in [0.1, 0.15) is 12.1 Å². The van der Waals surface area contributed by atoms with E-state index in [2.05, 4.69) is 20.4 Å². The molecule has 0 spiro atoms. The lowest BCUT2D eigenvalue weighted by Crippen LogP contribution is -2.34. The summed E-state index contributed by atoms with van der Waals surface area (Å²) in [5.41, 5.74) is 1.15. The van der Waals surface area contributed by atoms with E-state index in [1.54, 1.807) is 6.07 Å². The Kier molecular flexibility index (Phi) is 6.93. The molecule has 3 heterocycles. The number of H-pyrrole nitrogens is 1. The number of nitrogens with zero attached hydrogens (tertiary/aromatic N) is 4. The predicted octanol–water partition coefficient (Wildman–Crippen LogP) is 1.40. The first-order valence-corrected chi connectivity index (χ1v) is 11.4. The van der Waals surface area contributed by atoms with Crippen LogP contribution >= 0.6 is 11.3 Å². The minimum Gasteiger partial charge on any atom is -0.354 e. The second kappa shape index (κ2) is 10.2. The number of aromatic amines is 1. The number of nitrogens with one attached hydrogen (secondary N) is 2. The fourth-order valence-electron chi connectivity index (χ4n) is 3.30. The van der Waals surface area contributed by atoms with E-state index < -0.39 is 11.2 Å². The van der Waals surface area contributed by atoms with Crippen molar-refractivity contribution in [2.45, 2.75) is 26.4 Å². The van der Waals surface area contributed by atoms with E-state index in [1.807, 2.05) is 37.3 Å². The molecule has 2 N–H and O–H groups in total. The van der Waals surface area contributed by atoms with Crippen molar-refractivity contribution in [1.82, 2.24) is 29.6 Å². The zero-order valence-electron chi connectivity index (χ0n) is 18.4. The van der Waals surface area contributed by atoms with Gasteiger partial charge in [0.15, 0.2) is 0 Å². The van der Waals surface area contributed by atoms with Crippen LogP contribution in [0, 0.1) is 6.92 Å². The zero-order valence-corrected chi connectivity index (χ0v) is 19.2. The molecule has 10 nitrogen and oxygen atoms in total. The third kappa shape index (κ3) is 5.44. The Morgan fingerprint density at radius 1 is 1.06 bits per heavy atom. The number of hydrogen-bond donors (Lipinski definition) is 2. The lowest BCUT2D eigenvalue weighted by atomic mass is 10.2. The van der Waals surface area contributed by atoms with Crippen LogP contribution in [0.25, 0.3) is 21.1 Å². The highest BCUT2D eigenvalue weighted by Crippen LogP contribution is 2.33. The monoisotopic (exact) mass is 478 g/mol. The lowest BCUT2D eigenvalue weighted by Gasteiger charge is -2.09. The molecule has 0 saturated carbocycles. The summed E-state index contributed by atoms with van der Waals surface area (Å²) in [5.74, 6) is -0.284. The van der Waals surface area contributed by atoms with Crippen LogP contribution in [0.15, 0.2) is 69.1 Å². The SMILES string of the molecule is Cc1nc(-c2ccccc2)sc1-c1ccc(=O)n(CCNC(=O)CCn2ccc(=O)[nH]c2=O)n1. The van der Waals surface area contributed by atoms with Gasteiger partial charge in [0.05, 0.1) is 17.1 Å². The fourth-order valence-corrected chi connectivity index (χ4v) is 4.34. The van der Waals surface area contributed by atoms with E-state index in [-0.39, 0.29) is 37.5 Å². The number of carbonyl (C=O) groups is 1. The molecule has 174 valence electrons. The van der Waals surface area contributed by atoms with Crippen molar-refractivity contribution in [2.75, 3.05) is 6.54 Å². The highest BCUT2D eigenvalue weighted by Gasteiger charge is 2.14. The first-order valence-electron chi connectivity index (χ1n) is 10.6. The zero-order chi connectivity index (χ0) is 24.1. The summed E-state index contributed by atoms with van der Waals surface area (Å²) in [6, 6.07) is 14.2. The lowest BCUT2D eigenvalue weighted by molar-refractivity contribution is -0.121. The van der Waals surface area contributed by atoms with E-state index in [0.29, 0.717) is 5.69 Å². The largest absolute Gasteiger partial charge is 0.354 e. The van der Waals surface area contributed by atoms with Crippen LogP contribution in [0.2, 0.25) is 0 Å². The van der Waals surface area contributed by atoms with Gasteiger partial charge in [-0.25, -0.2) is 14.5 Å². The van der Waals surface area contributed by atoms with Crippen LogP contribution in [0.3, 0.4) is 0 Å². The number of amides is 1. The molecule has 3 aromatic heterocycles. The number of carbonyl (C=O) groups excluding carboxylic acids is 1. The van der Waals surface area contributed by atoms with Gasteiger partial charge in [0.1, 0.15) is 10.7 Å². The minimum atomic E-state index is -0.568. The third-order valence-electron chi connectivity index (χ3n) is 5.04. The van der Waals surface area contributed by atoms with Crippen molar-refractivity contribution < 1.29 is 4.79 Å². The van der Waals surface area contributed by atoms with Crippen molar-refractivity contribution in [3.63, 3.8) is 0 Å². The van der Waals surface area contributed by atoms with Crippen molar-refractivity contribution in [1.29, 1.82) is 0 Å². The Balaban J connectivity index is 1.39. The predicted molar refractivity (Wildman–Crippen MR) is 129 cm³/mol. The highest BCUT2D eigenvalue weighted by molar-refractivity contribution is 7.18. The van der Waals surface area contributed by atoms with E-state index >= 15 is 0 Å². The van der Waals surface area contributed by atoms with Gasteiger partial charge in [-0.15, -0.1) is 11.3 Å². The van der Waals surface area contributed by atoms with E-state index in [1.165, 1.54) is 38.9 Å². The van der Waals surface area contributed by atoms with E-state index in [0.717, 1.165) is 21.1 Å². The summed E-state index contributed by atoms with van der Waals surface area (Å²) < 4.78 is 2.56. The maximum Gasteiger partial charge on any atom is 0.328 e. The Labute approximate surface area is 197 Å². The molecular weight excluding hydrogens is 456 g/mol. The van der Waals surface area contributed by atoms with Crippen LogP contribution in [-0.2, 0) is 17.9 Å². The van der Waals surface area contributed by atoms with Crippen LogP contribution in [-0.4, -0.2) is 36.8 Å². The summed E-state index contributed by atoms with van der Waals surface area (Å²) in [6.45, 7) is 2.43. The van der Waals surface area contributed by atoms with E-state index in [4.69, 9.17) is 0 Å². The molecule has 0 aliphatic rings. The number of benzene rings is 1. The number of thiazole rings is 1. The molecule has 0 fully saturated rings. The summed E-state index contributed by atoms with van der Waals surface area (Å²) >= 11 is 1.51. The highest BCUT2D eigenvalue weighted by atomic mass is 32.1. The molecule has 34 heavy (non-hydrogen) atoms. The Morgan fingerprint density at radius 2 is 1.85 bits per heavy atom. The molecule has 4 rings (SSSR count). The Bertz CT molecular complexity index is 1490. The number of hydrogen-bond acceptors (Lipinski definition) is 7. The van der Waals surface area contributed by atoms with Gasteiger partial charge in [-0.2, -0.15) is 5.10 Å². The van der Waals surface area contributed by atoms with Gasteiger partial charge >= 0.3 is 5.69 Å². The first-order chi connectivity index (χ1) is 16.4. The van der Waals surface area contributed by atoms with Crippen LogP contribution in [0.5, 0.6) is 0 Å². The van der Waals surface area contributed by atoms with Crippen LogP contribution < -0.4 is 22.1 Å². The molecule has 1 amide bonds. The standard InChI is InChI=1S/C23H22N6O4S/c1-15-21(34-22(25-15)16-5-3-2-4-6-16)17-7-8-20(32)29(27-17)14-11-24-18(30)9-12-28-13-10-19(31)26-23(28)33/h2-8,10,13H,9,11-12,14H2,1H3,(H,24,30)(H,26,31,33). The summed E-state index contributed by atoms with van der Waals surface area (Å²) in [7, 11) is 0.